The number of hydrogen-bond donors (Lipinski definition) is 2. The third kappa shape index (κ3) is 11.4. The first-order chi connectivity index (χ1) is 20.4. The molecule has 1 unspecified atom stereocenters. The van der Waals surface area contributed by atoms with E-state index < -0.39 is 88.7 Å². The lowest BCUT2D eigenvalue weighted by atomic mass is 9.72. The highest BCUT2D eigenvalue weighted by Crippen LogP contribution is 2.38. The molecule has 0 saturated carbocycles. The zero-order valence-electron chi connectivity index (χ0n) is 26.4. The van der Waals surface area contributed by atoms with Crippen LogP contribution in [0.4, 0.5) is 18.9 Å². The van der Waals surface area contributed by atoms with Crippen LogP contribution in [-0.4, -0.2) is 90.4 Å². The highest BCUT2D eigenvalue weighted by molar-refractivity contribution is 7.89. The zero-order valence-corrected chi connectivity index (χ0v) is 28.0. The Morgan fingerprint density at radius 1 is 1.04 bits per heavy atom. The first kappa shape index (κ1) is 40.1. The van der Waals surface area contributed by atoms with Gasteiger partial charge in [0.25, 0.3) is 0 Å². The predicted octanol–water partition coefficient (Wildman–Crippen LogP) is 3.14. The van der Waals surface area contributed by atoms with E-state index in [1.54, 1.807) is 41.8 Å². The van der Waals surface area contributed by atoms with Gasteiger partial charge in [-0.15, -0.1) is 0 Å². The lowest BCUT2D eigenvalue weighted by Gasteiger charge is -2.35. The molecule has 256 valence electrons. The van der Waals surface area contributed by atoms with Crippen LogP contribution in [0.1, 0.15) is 52.5 Å². The van der Waals surface area contributed by atoms with Gasteiger partial charge in [-0.1, -0.05) is 25.9 Å². The van der Waals surface area contributed by atoms with Crippen molar-refractivity contribution < 1.29 is 53.4 Å². The van der Waals surface area contributed by atoms with Crippen LogP contribution in [0.15, 0.2) is 10.0 Å². The van der Waals surface area contributed by atoms with Crippen LogP contribution in [-0.2, 0) is 34.5 Å². The lowest BCUT2D eigenvalue weighted by molar-refractivity contribution is -0.890. The number of halogens is 3. The molecular formula is C26H41F3N6O8S2. The molecule has 0 bridgehead atoms. The molecule has 0 aliphatic rings. The molecule has 0 radical (unpaired) electrons. The number of carbonyl (C=O) groups excluding carboxylic acids is 2. The number of ether oxygens (including phenoxy) is 1. The van der Waals surface area contributed by atoms with E-state index in [4.69, 9.17) is 10.3 Å². The highest BCUT2D eigenvalue weighted by atomic mass is 32.2. The van der Waals surface area contributed by atoms with E-state index in [9.17, 15) is 44.1 Å². The van der Waals surface area contributed by atoms with Crippen LogP contribution in [0.3, 0.4) is 0 Å². The topological polar surface area (TPSA) is 208 Å². The van der Waals surface area contributed by atoms with E-state index >= 15 is 0 Å². The van der Waals surface area contributed by atoms with E-state index in [0.717, 1.165) is 6.92 Å². The van der Waals surface area contributed by atoms with Crippen molar-refractivity contribution in [3.8, 4) is 0 Å². The van der Waals surface area contributed by atoms with Gasteiger partial charge in [0.2, 0.25) is 15.9 Å². The second-order valence-electron chi connectivity index (χ2n) is 12.2. The minimum Gasteiger partial charge on any atom is -0.748 e. The molecule has 19 heteroatoms. The molecule has 45 heavy (non-hydrogen) atoms. The lowest BCUT2D eigenvalue weighted by Crippen LogP contribution is -2.46. The van der Waals surface area contributed by atoms with Crippen LogP contribution in [0.5, 0.6) is 0 Å². The van der Waals surface area contributed by atoms with Crippen LogP contribution >= 0.6 is 0 Å². The minimum atomic E-state index is -4.94. The molecule has 0 saturated heterocycles. The predicted molar refractivity (Wildman–Crippen MR) is 157 cm³/mol. The summed E-state index contributed by atoms with van der Waals surface area (Å²) in [5, 5.41) is 5.36. The summed E-state index contributed by atoms with van der Waals surface area (Å²) in [5.41, 5.74) is 4.50. The second-order valence-corrected chi connectivity index (χ2v) is 15.4. The number of rotatable bonds is 18. The number of likely N-dealkylation sites (N-methyl/N-ethyl adjacent to an activating group) is 1. The highest BCUT2D eigenvalue weighted by Gasteiger charge is 2.42. The summed E-state index contributed by atoms with van der Waals surface area (Å²) in [5.74, 6) is -7.15. The van der Waals surface area contributed by atoms with Crippen molar-refractivity contribution in [2.75, 3.05) is 52.6 Å². The van der Waals surface area contributed by atoms with Gasteiger partial charge in [0.05, 0.1) is 41.9 Å². The summed E-state index contributed by atoms with van der Waals surface area (Å²) in [7, 11) is -5.66. The van der Waals surface area contributed by atoms with E-state index in [-0.39, 0.29) is 26.0 Å². The van der Waals surface area contributed by atoms with Crippen molar-refractivity contribution in [2.45, 2.75) is 58.8 Å². The Labute approximate surface area is 261 Å². The fraction of sp³-hybridized carbons (Fsp3) is 0.692. The number of sulfonamides is 1. The molecule has 1 aromatic rings. The first-order valence-electron chi connectivity index (χ1n) is 13.9. The summed E-state index contributed by atoms with van der Waals surface area (Å²) in [6.45, 7) is 7.32. The number of hydrogen-bond acceptors (Lipinski definition) is 9. The summed E-state index contributed by atoms with van der Waals surface area (Å²) in [6.07, 6.45) is 0.509. The Morgan fingerprint density at radius 2 is 1.64 bits per heavy atom. The average molecular weight is 687 g/mol. The SMILES string of the molecule is CCC(C)(CC(C)(C)C(=O)NCCNS(=O)(=O)c1c(F)c(C)c(N=[N+]=[N-])c(F)c1F)C(=O)OCC[N+](C)(C)CCCS(=O)(=O)[O-]. The van der Waals surface area contributed by atoms with E-state index in [1.807, 2.05) is 4.72 Å². The number of nitrogens with one attached hydrogen (secondary N) is 2. The van der Waals surface area contributed by atoms with E-state index in [0.29, 0.717) is 24.0 Å². The number of azide groups is 1. The Hall–Kier alpha value is -2.96. The van der Waals surface area contributed by atoms with Gasteiger partial charge in [0.1, 0.15) is 19.0 Å². The van der Waals surface area contributed by atoms with E-state index in [1.165, 1.54) is 0 Å². The van der Waals surface area contributed by atoms with Gasteiger partial charge in [0, 0.05) is 35.6 Å². The van der Waals surface area contributed by atoms with E-state index in [2.05, 4.69) is 15.3 Å². The van der Waals surface area contributed by atoms with Crippen LogP contribution in [0.2, 0.25) is 0 Å². The number of esters is 1. The van der Waals surface area contributed by atoms with Gasteiger partial charge < -0.3 is 19.1 Å². The maximum atomic E-state index is 14.6. The summed E-state index contributed by atoms with van der Waals surface area (Å²) < 4.78 is 109. The van der Waals surface area contributed by atoms with Crippen LogP contribution in [0.25, 0.3) is 10.4 Å². The Kier molecular flexibility index (Phi) is 13.8. The smallest absolute Gasteiger partial charge is 0.312 e. The quantitative estimate of drug-likeness (QED) is 0.0342. The number of carbonyl (C=O) groups is 2. The molecule has 0 aromatic heterocycles. The normalized spacial score (nSPS) is 13.9. The van der Waals surface area contributed by atoms with Crippen molar-refractivity contribution in [2.24, 2.45) is 15.9 Å². The fourth-order valence-electron chi connectivity index (χ4n) is 4.55. The standard InChI is InChI=1S/C26H41F3N6O8S2/c1-8-26(5,24(37)43-14-13-35(6,7)12-9-15-44(38,39)40)16-25(3,4)23(36)31-10-11-32-45(41,42)22-18(27)17(2)21(33-34-30)19(28)20(22)29/h32H,8-16H2,1-7H3,(H-,31,36,38,39,40). The minimum absolute atomic E-state index is 0.0111. The molecule has 14 nitrogen and oxygen atoms in total. The zero-order chi connectivity index (χ0) is 35.0. The van der Waals surface area contributed by atoms with Crippen molar-refractivity contribution in [1.29, 1.82) is 0 Å². The van der Waals surface area contributed by atoms with Crippen molar-refractivity contribution in [1.82, 2.24) is 10.0 Å². The number of benzene rings is 1. The van der Waals surface area contributed by atoms with Gasteiger partial charge >= 0.3 is 5.97 Å². The Balaban J connectivity index is 2.80. The molecule has 1 rings (SSSR count). The Bertz CT molecular complexity index is 1500. The molecule has 0 aliphatic carbocycles. The second kappa shape index (κ2) is 15.6. The number of nitrogens with zero attached hydrogens (tertiary/aromatic N) is 4. The molecule has 0 fully saturated rings. The maximum absolute atomic E-state index is 14.6. The largest absolute Gasteiger partial charge is 0.748 e. The molecule has 2 N–H and O–H groups in total. The van der Waals surface area contributed by atoms with Crippen molar-refractivity contribution in [3.05, 3.63) is 33.5 Å². The van der Waals surface area contributed by atoms with Gasteiger partial charge in [-0.2, -0.15) is 0 Å². The molecule has 1 atom stereocenters. The van der Waals surface area contributed by atoms with Crippen molar-refractivity contribution >= 4 is 37.7 Å². The molecule has 0 aliphatic heterocycles. The van der Waals surface area contributed by atoms with Gasteiger partial charge in [-0.05, 0) is 37.8 Å². The van der Waals surface area contributed by atoms with Gasteiger partial charge in [-0.25, -0.2) is 34.7 Å². The monoisotopic (exact) mass is 686 g/mol. The van der Waals surface area contributed by atoms with Crippen LogP contribution < -0.4 is 10.0 Å². The summed E-state index contributed by atoms with van der Waals surface area (Å²) in [6, 6.07) is 0. The summed E-state index contributed by atoms with van der Waals surface area (Å²) >= 11 is 0. The fourth-order valence-corrected chi connectivity index (χ4v) is 6.26. The third-order valence-electron chi connectivity index (χ3n) is 7.41. The van der Waals surface area contributed by atoms with Gasteiger partial charge in [-0.3, -0.25) is 9.59 Å². The molecular weight excluding hydrogens is 645 g/mol. The van der Waals surface area contributed by atoms with Gasteiger partial charge in [0.15, 0.2) is 16.5 Å². The average Bonchev–Trinajstić information content (AvgIpc) is 2.90. The third-order valence-corrected chi connectivity index (χ3v) is 9.68. The number of amides is 1. The summed E-state index contributed by atoms with van der Waals surface area (Å²) in [4.78, 5) is 26.7. The molecule has 0 heterocycles. The van der Waals surface area contributed by atoms with Crippen molar-refractivity contribution in [3.63, 3.8) is 0 Å². The van der Waals surface area contributed by atoms with Crippen LogP contribution in [0, 0.1) is 35.2 Å². The molecule has 0 spiro atoms. The molecule has 1 aromatic carbocycles. The first-order valence-corrected chi connectivity index (χ1v) is 16.9. The number of quaternary nitrogens is 1. The Morgan fingerprint density at radius 3 is 2.18 bits per heavy atom. The molecule has 1 amide bonds. The maximum Gasteiger partial charge on any atom is 0.312 e.